The average molecular weight is 285 g/mol. The first-order chi connectivity index (χ1) is 10.2. The molecule has 0 unspecified atom stereocenters. The van der Waals surface area contributed by atoms with Crippen molar-refractivity contribution < 1.29 is 9.32 Å². The van der Waals surface area contributed by atoms with Gasteiger partial charge in [-0.1, -0.05) is 35.5 Å². The number of amides is 1. The van der Waals surface area contributed by atoms with E-state index in [1.165, 1.54) is 0 Å². The van der Waals surface area contributed by atoms with Gasteiger partial charge in [0, 0.05) is 19.0 Å². The molecule has 2 aromatic rings. The lowest BCUT2D eigenvalue weighted by Crippen LogP contribution is -2.38. The van der Waals surface area contributed by atoms with Gasteiger partial charge in [-0.2, -0.15) is 4.98 Å². The molecule has 1 amide bonds. The molecule has 1 aliphatic heterocycles. The van der Waals surface area contributed by atoms with Crippen LogP contribution in [0.15, 0.2) is 34.9 Å². The fourth-order valence-electron chi connectivity index (χ4n) is 2.74. The number of hydrogen-bond donors (Lipinski definition) is 0. The van der Waals surface area contributed by atoms with Gasteiger partial charge in [0.25, 0.3) is 0 Å². The maximum atomic E-state index is 12.3. The van der Waals surface area contributed by atoms with E-state index in [0.29, 0.717) is 18.1 Å². The molecular formula is C16H19N3O2. The second kappa shape index (κ2) is 6.08. The first kappa shape index (κ1) is 13.8. The van der Waals surface area contributed by atoms with Crippen LogP contribution < -0.4 is 0 Å². The maximum Gasteiger partial charge on any atom is 0.229 e. The highest BCUT2D eigenvalue weighted by molar-refractivity contribution is 5.78. The molecule has 5 nitrogen and oxygen atoms in total. The van der Waals surface area contributed by atoms with E-state index >= 15 is 0 Å². The third kappa shape index (κ3) is 3.29. The minimum absolute atomic E-state index is 0.196. The molecule has 1 aromatic carbocycles. The number of aryl methyl sites for hydroxylation is 1. The Balaban J connectivity index is 1.54. The van der Waals surface area contributed by atoms with Crippen molar-refractivity contribution in [2.45, 2.75) is 32.1 Å². The zero-order valence-electron chi connectivity index (χ0n) is 12.2. The Bertz CT molecular complexity index is 601. The monoisotopic (exact) mass is 285 g/mol. The molecule has 0 N–H and O–H groups in total. The number of carbonyl (C=O) groups is 1. The van der Waals surface area contributed by atoms with Crippen LogP contribution in [0.1, 0.15) is 36.0 Å². The minimum atomic E-state index is 0.196. The number of piperidine rings is 1. The summed E-state index contributed by atoms with van der Waals surface area (Å²) in [5.74, 6) is 1.86. The summed E-state index contributed by atoms with van der Waals surface area (Å²) in [7, 11) is 0. The number of hydrogen-bond acceptors (Lipinski definition) is 4. The van der Waals surface area contributed by atoms with Crippen molar-refractivity contribution in [3.63, 3.8) is 0 Å². The van der Waals surface area contributed by atoms with Gasteiger partial charge in [0.15, 0.2) is 5.82 Å². The smallest absolute Gasteiger partial charge is 0.229 e. The SMILES string of the molecule is Cc1noc(C2CCN(C(=O)Cc3ccccc3)CC2)n1. The first-order valence-corrected chi connectivity index (χ1v) is 7.34. The van der Waals surface area contributed by atoms with E-state index in [0.717, 1.165) is 31.5 Å². The van der Waals surface area contributed by atoms with Crippen molar-refractivity contribution in [2.24, 2.45) is 0 Å². The van der Waals surface area contributed by atoms with Gasteiger partial charge < -0.3 is 9.42 Å². The summed E-state index contributed by atoms with van der Waals surface area (Å²) < 4.78 is 5.23. The van der Waals surface area contributed by atoms with Crippen LogP contribution in [-0.2, 0) is 11.2 Å². The normalized spacial score (nSPS) is 16.1. The molecule has 5 heteroatoms. The second-order valence-corrected chi connectivity index (χ2v) is 5.50. The van der Waals surface area contributed by atoms with Crippen LogP contribution in [0, 0.1) is 6.92 Å². The van der Waals surface area contributed by atoms with Gasteiger partial charge >= 0.3 is 0 Å². The highest BCUT2D eigenvalue weighted by Crippen LogP contribution is 2.26. The van der Waals surface area contributed by atoms with Crippen LogP contribution in [0.25, 0.3) is 0 Å². The molecule has 0 spiro atoms. The fourth-order valence-corrected chi connectivity index (χ4v) is 2.74. The molecule has 1 fully saturated rings. The van der Waals surface area contributed by atoms with E-state index in [1.807, 2.05) is 42.2 Å². The molecule has 110 valence electrons. The van der Waals surface area contributed by atoms with Crippen molar-refractivity contribution in [1.29, 1.82) is 0 Å². The fraction of sp³-hybridized carbons (Fsp3) is 0.438. The average Bonchev–Trinajstić information content (AvgIpc) is 2.95. The van der Waals surface area contributed by atoms with Crippen LogP contribution in [0.2, 0.25) is 0 Å². The highest BCUT2D eigenvalue weighted by Gasteiger charge is 2.27. The molecule has 3 rings (SSSR count). The standard InChI is InChI=1S/C16H19N3O2/c1-12-17-16(21-18-12)14-7-9-19(10-8-14)15(20)11-13-5-3-2-4-6-13/h2-6,14H,7-11H2,1H3. The van der Waals surface area contributed by atoms with Gasteiger partial charge in [0.05, 0.1) is 6.42 Å². The summed E-state index contributed by atoms with van der Waals surface area (Å²) in [5, 5.41) is 3.84. The van der Waals surface area contributed by atoms with Gasteiger partial charge in [-0.05, 0) is 25.3 Å². The number of likely N-dealkylation sites (tertiary alicyclic amines) is 1. The topological polar surface area (TPSA) is 59.2 Å². The minimum Gasteiger partial charge on any atom is -0.342 e. The van der Waals surface area contributed by atoms with Crippen molar-refractivity contribution in [1.82, 2.24) is 15.0 Å². The van der Waals surface area contributed by atoms with E-state index in [1.54, 1.807) is 0 Å². The number of aromatic nitrogens is 2. The van der Waals surface area contributed by atoms with Crippen LogP contribution in [0.3, 0.4) is 0 Å². The number of rotatable bonds is 3. The lowest BCUT2D eigenvalue weighted by molar-refractivity contribution is -0.131. The molecule has 0 aliphatic carbocycles. The highest BCUT2D eigenvalue weighted by atomic mass is 16.5. The Hall–Kier alpha value is -2.17. The zero-order chi connectivity index (χ0) is 14.7. The van der Waals surface area contributed by atoms with E-state index in [9.17, 15) is 4.79 Å². The molecule has 1 aliphatic rings. The Kier molecular flexibility index (Phi) is 3.99. The summed E-state index contributed by atoms with van der Waals surface area (Å²) in [4.78, 5) is 18.5. The summed E-state index contributed by atoms with van der Waals surface area (Å²) >= 11 is 0. The van der Waals surface area contributed by atoms with Crippen molar-refractivity contribution in [2.75, 3.05) is 13.1 Å². The lowest BCUT2D eigenvalue weighted by Gasteiger charge is -2.30. The summed E-state index contributed by atoms with van der Waals surface area (Å²) in [6, 6.07) is 9.88. The first-order valence-electron chi connectivity index (χ1n) is 7.34. The summed E-state index contributed by atoms with van der Waals surface area (Å²) in [6.07, 6.45) is 2.26. The van der Waals surface area contributed by atoms with Gasteiger partial charge in [0.2, 0.25) is 11.8 Å². The third-order valence-corrected chi connectivity index (χ3v) is 3.94. The van der Waals surface area contributed by atoms with E-state index in [4.69, 9.17) is 4.52 Å². The Morgan fingerprint density at radius 2 is 2.00 bits per heavy atom. The number of carbonyl (C=O) groups excluding carboxylic acids is 1. The Morgan fingerprint density at radius 1 is 1.29 bits per heavy atom. The van der Waals surface area contributed by atoms with Crippen LogP contribution in [0.5, 0.6) is 0 Å². The van der Waals surface area contributed by atoms with E-state index in [-0.39, 0.29) is 11.8 Å². The lowest BCUT2D eigenvalue weighted by atomic mass is 9.96. The van der Waals surface area contributed by atoms with Gasteiger partial charge in [-0.25, -0.2) is 0 Å². The van der Waals surface area contributed by atoms with Crippen LogP contribution in [0.4, 0.5) is 0 Å². The molecule has 21 heavy (non-hydrogen) atoms. The largest absolute Gasteiger partial charge is 0.342 e. The maximum absolute atomic E-state index is 12.3. The molecule has 0 saturated carbocycles. The second-order valence-electron chi connectivity index (χ2n) is 5.50. The van der Waals surface area contributed by atoms with Crippen LogP contribution >= 0.6 is 0 Å². The molecular weight excluding hydrogens is 266 g/mol. The summed E-state index contributed by atoms with van der Waals surface area (Å²) in [5.41, 5.74) is 1.07. The molecule has 1 saturated heterocycles. The predicted octanol–water partition coefficient (Wildman–Crippen LogP) is 2.33. The van der Waals surface area contributed by atoms with Gasteiger partial charge in [-0.3, -0.25) is 4.79 Å². The van der Waals surface area contributed by atoms with Crippen molar-refractivity contribution in [3.05, 3.63) is 47.6 Å². The quantitative estimate of drug-likeness (QED) is 0.868. The zero-order valence-corrected chi connectivity index (χ0v) is 12.2. The number of nitrogens with zero attached hydrogens (tertiary/aromatic N) is 3. The van der Waals surface area contributed by atoms with E-state index < -0.39 is 0 Å². The molecule has 0 radical (unpaired) electrons. The van der Waals surface area contributed by atoms with Crippen LogP contribution in [-0.4, -0.2) is 34.0 Å². The Labute approximate surface area is 124 Å². The third-order valence-electron chi connectivity index (χ3n) is 3.94. The van der Waals surface area contributed by atoms with Crippen molar-refractivity contribution >= 4 is 5.91 Å². The van der Waals surface area contributed by atoms with Gasteiger partial charge in [-0.15, -0.1) is 0 Å². The Morgan fingerprint density at radius 3 is 2.62 bits per heavy atom. The van der Waals surface area contributed by atoms with Gasteiger partial charge in [0.1, 0.15) is 0 Å². The number of benzene rings is 1. The molecule has 1 aromatic heterocycles. The molecule has 0 atom stereocenters. The summed E-state index contributed by atoms with van der Waals surface area (Å²) in [6.45, 7) is 3.35. The predicted molar refractivity (Wildman–Crippen MR) is 77.7 cm³/mol. The van der Waals surface area contributed by atoms with Crippen molar-refractivity contribution in [3.8, 4) is 0 Å². The molecule has 0 bridgehead atoms. The van der Waals surface area contributed by atoms with E-state index in [2.05, 4.69) is 10.1 Å². The molecule has 2 heterocycles.